The first kappa shape index (κ1) is 14.4. The molecule has 0 aliphatic heterocycles. The zero-order valence-electron chi connectivity index (χ0n) is 10.2. The molecule has 9 heteroatoms. The van der Waals surface area contributed by atoms with Crippen LogP contribution in [0.1, 0.15) is 21.6 Å². The highest BCUT2D eigenvalue weighted by atomic mass is 19.4. The maximum absolute atomic E-state index is 12.7. The largest absolute Gasteiger partial charge is 0.476 e. The van der Waals surface area contributed by atoms with Gasteiger partial charge in [0.05, 0.1) is 34.8 Å². The average molecular weight is 296 g/mol. The van der Waals surface area contributed by atoms with Crippen LogP contribution in [-0.4, -0.2) is 20.9 Å². The molecule has 1 heterocycles. The number of alkyl halides is 3. The number of aromatic nitrogens is 2. The van der Waals surface area contributed by atoms with Crippen LogP contribution in [-0.2, 0) is 6.18 Å². The predicted molar refractivity (Wildman–Crippen MR) is 64.7 cm³/mol. The third-order valence-electron chi connectivity index (χ3n) is 2.64. The second kappa shape index (κ2) is 4.82. The zero-order valence-corrected chi connectivity index (χ0v) is 10.2. The lowest BCUT2D eigenvalue weighted by atomic mass is 10.1. The summed E-state index contributed by atoms with van der Waals surface area (Å²) in [6.07, 6.45) is -3.51. The summed E-state index contributed by atoms with van der Waals surface area (Å²) in [5.74, 6) is -1.36. The normalized spacial score (nSPS) is 11.1. The summed E-state index contributed by atoms with van der Waals surface area (Å²) in [7, 11) is 0. The Labute approximate surface area is 115 Å². The minimum atomic E-state index is -4.65. The van der Waals surface area contributed by atoms with Gasteiger partial charge < -0.3 is 10.8 Å². The first-order valence-corrected chi connectivity index (χ1v) is 5.44. The average Bonchev–Trinajstić information content (AvgIpc) is 2.79. The van der Waals surface area contributed by atoms with Crippen molar-refractivity contribution in [3.63, 3.8) is 0 Å². The fourth-order valence-corrected chi connectivity index (χ4v) is 1.70. The second-order valence-electron chi connectivity index (χ2n) is 4.02. The molecule has 3 N–H and O–H groups in total. The lowest BCUT2D eigenvalue weighted by Crippen LogP contribution is -2.09. The van der Waals surface area contributed by atoms with E-state index in [2.05, 4.69) is 5.10 Å². The van der Waals surface area contributed by atoms with Crippen LogP contribution in [0.5, 0.6) is 0 Å². The Balaban J connectivity index is 2.55. The van der Waals surface area contributed by atoms with E-state index < -0.39 is 29.0 Å². The molecule has 0 saturated heterocycles. The van der Waals surface area contributed by atoms with Crippen molar-refractivity contribution in [1.29, 1.82) is 5.26 Å². The number of halogens is 3. The van der Waals surface area contributed by atoms with Crippen LogP contribution in [0.15, 0.2) is 24.4 Å². The minimum absolute atomic E-state index is 0.0961. The van der Waals surface area contributed by atoms with Gasteiger partial charge >= 0.3 is 12.1 Å². The molecule has 21 heavy (non-hydrogen) atoms. The van der Waals surface area contributed by atoms with E-state index in [1.165, 1.54) is 6.07 Å². The van der Waals surface area contributed by atoms with Crippen molar-refractivity contribution < 1.29 is 23.1 Å². The van der Waals surface area contributed by atoms with Crippen molar-refractivity contribution in [2.24, 2.45) is 0 Å². The molecule has 2 rings (SSSR count). The highest BCUT2D eigenvalue weighted by Crippen LogP contribution is 2.32. The Bertz CT molecular complexity index is 759. The molecule has 0 atom stereocenters. The van der Waals surface area contributed by atoms with E-state index >= 15 is 0 Å². The van der Waals surface area contributed by atoms with Gasteiger partial charge in [-0.05, 0) is 18.2 Å². The highest BCUT2D eigenvalue weighted by molar-refractivity contribution is 5.91. The Kier molecular flexibility index (Phi) is 3.31. The molecule has 0 aliphatic rings. The number of nitrogens with two attached hydrogens (primary N) is 1. The smallest absolute Gasteiger partial charge is 0.417 e. The fraction of sp³-hybridized carbons (Fsp3) is 0.0833. The van der Waals surface area contributed by atoms with Gasteiger partial charge in [0.15, 0.2) is 5.69 Å². The molecule has 0 radical (unpaired) electrons. The third kappa shape index (κ3) is 2.64. The van der Waals surface area contributed by atoms with Crippen molar-refractivity contribution in [1.82, 2.24) is 9.78 Å². The maximum atomic E-state index is 12.7. The number of rotatable bonds is 2. The quantitative estimate of drug-likeness (QED) is 0.882. The topological polar surface area (TPSA) is 105 Å². The Morgan fingerprint density at radius 3 is 2.57 bits per heavy atom. The molecular formula is C12H7F3N4O2. The summed E-state index contributed by atoms with van der Waals surface area (Å²) in [5.41, 5.74) is 3.31. The number of anilines is 1. The van der Waals surface area contributed by atoms with Crippen LogP contribution in [0, 0.1) is 11.3 Å². The van der Waals surface area contributed by atoms with Crippen LogP contribution in [0.25, 0.3) is 5.69 Å². The number of carboxylic acids is 1. The maximum Gasteiger partial charge on any atom is 0.417 e. The SMILES string of the molecule is N#Cc1cc(-n2cc(N)c(C(=O)O)n2)ccc1C(F)(F)F. The molecule has 0 saturated carbocycles. The third-order valence-corrected chi connectivity index (χ3v) is 2.64. The molecule has 0 aliphatic carbocycles. The number of nitriles is 1. The van der Waals surface area contributed by atoms with Gasteiger partial charge in [-0.25, -0.2) is 9.48 Å². The minimum Gasteiger partial charge on any atom is -0.476 e. The number of carbonyl (C=O) groups is 1. The standard InChI is InChI=1S/C12H7F3N4O2/c13-12(14,15)8-2-1-7(3-6(8)4-16)19-5-9(17)10(18-19)11(20)21/h1-3,5H,17H2,(H,20,21). The van der Waals surface area contributed by atoms with Gasteiger partial charge in [0.25, 0.3) is 0 Å². The van der Waals surface area contributed by atoms with Gasteiger partial charge in [0.2, 0.25) is 0 Å². The van der Waals surface area contributed by atoms with E-state index in [1.54, 1.807) is 0 Å². The number of aromatic carboxylic acids is 1. The first-order valence-electron chi connectivity index (χ1n) is 5.44. The summed E-state index contributed by atoms with van der Waals surface area (Å²) in [6, 6.07) is 4.21. The molecule has 0 bridgehead atoms. The Hall–Kier alpha value is -3.02. The lowest BCUT2D eigenvalue weighted by Gasteiger charge is -2.10. The van der Waals surface area contributed by atoms with Crippen LogP contribution >= 0.6 is 0 Å². The van der Waals surface area contributed by atoms with Crippen molar-refractivity contribution in [2.75, 3.05) is 5.73 Å². The zero-order chi connectivity index (χ0) is 15.8. The molecule has 0 spiro atoms. The molecule has 6 nitrogen and oxygen atoms in total. The lowest BCUT2D eigenvalue weighted by molar-refractivity contribution is -0.137. The first-order chi connectivity index (χ1) is 9.74. The van der Waals surface area contributed by atoms with Crippen molar-refractivity contribution in [3.05, 3.63) is 41.2 Å². The van der Waals surface area contributed by atoms with Gasteiger partial charge in [-0.15, -0.1) is 0 Å². The van der Waals surface area contributed by atoms with Gasteiger partial charge in [-0.2, -0.15) is 23.5 Å². The summed E-state index contributed by atoms with van der Waals surface area (Å²) in [4.78, 5) is 10.8. The number of hydrogen-bond acceptors (Lipinski definition) is 4. The van der Waals surface area contributed by atoms with Crippen LogP contribution in [0.2, 0.25) is 0 Å². The number of hydrogen-bond donors (Lipinski definition) is 2. The van der Waals surface area contributed by atoms with Crippen molar-refractivity contribution in [2.45, 2.75) is 6.18 Å². The van der Waals surface area contributed by atoms with Crippen molar-refractivity contribution in [3.8, 4) is 11.8 Å². The van der Waals surface area contributed by atoms with Gasteiger partial charge in [-0.3, -0.25) is 0 Å². The Morgan fingerprint density at radius 1 is 1.43 bits per heavy atom. The molecule has 2 aromatic rings. The molecule has 108 valence electrons. The van der Waals surface area contributed by atoms with E-state index in [4.69, 9.17) is 16.1 Å². The van der Waals surface area contributed by atoms with Gasteiger partial charge in [0, 0.05) is 0 Å². The van der Waals surface area contributed by atoms with Crippen LogP contribution in [0.3, 0.4) is 0 Å². The molecule has 1 aromatic carbocycles. The highest BCUT2D eigenvalue weighted by Gasteiger charge is 2.33. The predicted octanol–water partition coefficient (Wildman–Crippen LogP) is 2.04. The number of nitrogen functional groups attached to an aromatic ring is 1. The summed E-state index contributed by atoms with van der Waals surface area (Å²) < 4.78 is 39.0. The number of benzene rings is 1. The van der Waals surface area contributed by atoms with E-state index in [0.717, 1.165) is 29.1 Å². The van der Waals surface area contributed by atoms with E-state index in [0.29, 0.717) is 0 Å². The molecule has 0 amide bonds. The summed E-state index contributed by atoms with van der Waals surface area (Å²) >= 11 is 0. The van der Waals surface area contributed by atoms with Gasteiger partial charge in [0.1, 0.15) is 0 Å². The van der Waals surface area contributed by atoms with Crippen molar-refractivity contribution >= 4 is 11.7 Å². The van der Waals surface area contributed by atoms with E-state index in [1.807, 2.05) is 0 Å². The van der Waals surface area contributed by atoms with Crippen LogP contribution < -0.4 is 5.73 Å². The summed E-state index contributed by atoms with van der Waals surface area (Å²) in [5, 5.41) is 21.3. The number of nitrogens with zero attached hydrogens (tertiary/aromatic N) is 3. The molecule has 1 aromatic heterocycles. The van der Waals surface area contributed by atoms with Gasteiger partial charge in [-0.1, -0.05) is 0 Å². The fourth-order valence-electron chi connectivity index (χ4n) is 1.70. The van der Waals surface area contributed by atoms with E-state index in [9.17, 15) is 18.0 Å². The number of carboxylic acid groups (broad SMARTS) is 1. The monoisotopic (exact) mass is 296 g/mol. The molecule has 0 fully saturated rings. The second-order valence-corrected chi connectivity index (χ2v) is 4.02. The van der Waals surface area contributed by atoms with Crippen LogP contribution in [0.4, 0.5) is 18.9 Å². The van der Waals surface area contributed by atoms with E-state index in [-0.39, 0.29) is 11.4 Å². The molecular weight excluding hydrogens is 289 g/mol. The summed E-state index contributed by atoms with van der Waals surface area (Å²) in [6.45, 7) is 0. The molecule has 0 unspecified atom stereocenters. The Morgan fingerprint density at radius 2 is 2.10 bits per heavy atom.